The van der Waals surface area contributed by atoms with E-state index in [1.807, 2.05) is 0 Å². The van der Waals surface area contributed by atoms with E-state index in [0.29, 0.717) is 38.5 Å². The lowest BCUT2D eigenvalue weighted by Gasteiger charge is -2.72. The van der Waals surface area contributed by atoms with Gasteiger partial charge in [-0.05, 0) is 91.8 Å². The number of hydrogen-bond donors (Lipinski definition) is 13. The third kappa shape index (κ3) is 7.89. The number of allylic oxidation sites excluding steroid dienone is 2. The van der Waals surface area contributed by atoms with E-state index in [4.69, 9.17) is 28.4 Å². The van der Waals surface area contributed by atoms with Gasteiger partial charge < -0.3 is 94.8 Å². The van der Waals surface area contributed by atoms with E-state index in [1.54, 1.807) is 6.92 Å². The van der Waals surface area contributed by atoms with Crippen LogP contribution in [0.3, 0.4) is 0 Å². The van der Waals surface area contributed by atoms with Crippen LogP contribution >= 0.6 is 0 Å². The molecule has 3 heterocycles. The van der Waals surface area contributed by atoms with Crippen molar-refractivity contribution in [3.8, 4) is 0 Å². The molecule has 8 rings (SSSR count). The number of aliphatic hydroxyl groups excluding tert-OH is 13. The highest BCUT2D eigenvalue weighted by Gasteiger charge is 2.73. The molecule has 3 saturated heterocycles. The minimum absolute atomic E-state index is 0.0115. The Morgan fingerprint density at radius 1 is 0.706 bits per heavy atom. The van der Waals surface area contributed by atoms with Crippen LogP contribution < -0.4 is 0 Å². The number of aliphatic hydroxyl groups is 13. The second-order valence-corrected chi connectivity index (χ2v) is 23.1. The lowest BCUT2D eigenvalue weighted by atomic mass is 9.32. The average molecular weight is 975 g/mol. The number of esters is 1. The highest BCUT2D eigenvalue weighted by Crippen LogP contribution is 2.76. The molecule has 0 spiro atoms. The Kier molecular flexibility index (Phi) is 14.6. The monoisotopic (exact) mass is 975 g/mol. The molecular weight excluding hydrogens is 897 g/mol. The maximum absolute atomic E-state index is 15.0. The minimum atomic E-state index is -1.89. The molecule has 20 heteroatoms. The molecule has 68 heavy (non-hydrogen) atoms. The van der Waals surface area contributed by atoms with Gasteiger partial charge in [-0.2, -0.15) is 0 Å². The summed E-state index contributed by atoms with van der Waals surface area (Å²) in [7, 11) is 0. The van der Waals surface area contributed by atoms with Gasteiger partial charge in [0.2, 0.25) is 6.29 Å². The van der Waals surface area contributed by atoms with Crippen molar-refractivity contribution in [2.75, 3.05) is 19.8 Å². The minimum Gasteiger partial charge on any atom is -0.432 e. The Morgan fingerprint density at radius 2 is 1.34 bits per heavy atom. The molecule has 1 unspecified atom stereocenters. The predicted molar refractivity (Wildman–Crippen MR) is 233 cm³/mol. The number of hydrogen-bond acceptors (Lipinski definition) is 20. The molecule has 4 saturated carbocycles. The SMILES string of the molecule is C[C@H]1[C@H](C)CC[C@]2(C(=O)O[C@@H]3O[C@H](CO[C@@H]4O[C@H](CO)[C@@H](O[C@@H]5O[C@@H](C)[C@H](O)[C@@H](O)[C@H]5O)[C@H](O)[C@H]4O)[C@@H](O)[C@H](O)[C@H]3O)CC[C@@]3(C)C(=CC[C@@H]4[C@@]5(C)C[C@@H](O)[C@H](O)[C@@](C)(CO)C5[C@H](O)C[C@]43C)[C@H]12. The van der Waals surface area contributed by atoms with Gasteiger partial charge in [0, 0.05) is 11.3 Å². The standard InChI is InChI=1S/C48H78O20/c1-19-10-11-48(13-12-46(6)22(28(48)20(19)2)8-9-27-44(4)14-24(52)39(61)45(5,18-50)38(44)23(51)15-47(27,46)7)43(62)68-42-35(59)32(56)30(54)26(66-42)17-63-40-36(60)33(57)37(25(16-49)65-40)67-41-34(58)31(55)29(53)21(3)64-41/h8,19-21,23-42,49-61H,9-18H2,1-7H3/t19-,20+,21+,23-,24-,25-,26-,27-,28+,29+,30-,31-,32+,33-,34-,35-,36-,37-,38?,39+,40-,41+,42+,44-,45+,46+,47-,48+/m1/s1. The zero-order chi connectivity index (χ0) is 50.0. The van der Waals surface area contributed by atoms with E-state index in [9.17, 15) is 66.4 Å². The van der Waals surface area contributed by atoms with Crippen LogP contribution in [0.15, 0.2) is 11.6 Å². The summed E-state index contributed by atoms with van der Waals surface area (Å²) in [6.45, 7) is 12.1. The van der Waals surface area contributed by atoms with Gasteiger partial charge in [-0.3, -0.25) is 4.79 Å². The topological polar surface area (TPSA) is 335 Å². The molecule has 0 aromatic carbocycles. The summed E-state index contributed by atoms with van der Waals surface area (Å²) in [4.78, 5) is 15.0. The van der Waals surface area contributed by atoms with Crippen LogP contribution in [0.2, 0.25) is 0 Å². The Morgan fingerprint density at radius 3 is 2.00 bits per heavy atom. The molecule has 0 aromatic rings. The second kappa shape index (κ2) is 18.8. The van der Waals surface area contributed by atoms with E-state index in [2.05, 4.69) is 40.7 Å². The van der Waals surface area contributed by atoms with E-state index in [-0.39, 0.29) is 30.1 Å². The van der Waals surface area contributed by atoms with Gasteiger partial charge in [-0.1, -0.05) is 53.2 Å². The molecule has 0 aromatic heterocycles. The van der Waals surface area contributed by atoms with Crippen molar-refractivity contribution in [2.45, 2.75) is 204 Å². The largest absolute Gasteiger partial charge is 0.432 e. The van der Waals surface area contributed by atoms with E-state index >= 15 is 4.79 Å². The van der Waals surface area contributed by atoms with Gasteiger partial charge in [-0.25, -0.2) is 0 Å². The van der Waals surface area contributed by atoms with Gasteiger partial charge in [0.05, 0.1) is 49.7 Å². The Bertz CT molecular complexity index is 1860. The van der Waals surface area contributed by atoms with E-state index in [0.717, 1.165) is 5.57 Å². The summed E-state index contributed by atoms with van der Waals surface area (Å²) in [6, 6.07) is 0. The predicted octanol–water partition coefficient (Wildman–Crippen LogP) is -2.06. The lowest BCUT2D eigenvalue weighted by molar-refractivity contribution is -0.361. The summed E-state index contributed by atoms with van der Waals surface area (Å²) in [5.74, 6) is -1.31. The first-order chi connectivity index (χ1) is 31.8. The molecule has 0 bridgehead atoms. The quantitative estimate of drug-likeness (QED) is 0.0873. The molecule has 0 radical (unpaired) electrons. The molecule has 28 atom stereocenters. The number of fused-ring (bicyclic) bond motifs is 7. The first-order valence-electron chi connectivity index (χ1n) is 24.6. The summed E-state index contributed by atoms with van der Waals surface area (Å²) in [6.07, 6.45) is -22.3. The zero-order valence-electron chi connectivity index (χ0n) is 40.1. The first-order valence-corrected chi connectivity index (χ1v) is 24.6. The van der Waals surface area contributed by atoms with Crippen LogP contribution in [0.5, 0.6) is 0 Å². The van der Waals surface area contributed by atoms with Crippen molar-refractivity contribution in [3.05, 3.63) is 11.6 Å². The van der Waals surface area contributed by atoms with Crippen LogP contribution in [-0.2, 0) is 33.2 Å². The van der Waals surface area contributed by atoms with Crippen molar-refractivity contribution >= 4 is 5.97 Å². The summed E-state index contributed by atoms with van der Waals surface area (Å²) >= 11 is 0. The fourth-order valence-electron chi connectivity index (χ4n) is 15.4. The second-order valence-electron chi connectivity index (χ2n) is 23.1. The van der Waals surface area contributed by atoms with Gasteiger partial charge in [0.1, 0.15) is 67.1 Å². The number of rotatable bonds is 9. The molecule has 5 aliphatic carbocycles. The van der Waals surface area contributed by atoms with Crippen LogP contribution in [0.25, 0.3) is 0 Å². The molecule has 8 aliphatic rings. The highest BCUT2D eigenvalue weighted by atomic mass is 16.8. The Hall–Kier alpha value is -1.51. The van der Waals surface area contributed by atoms with Crippen molar-refractivity contribution in [3.63, 3.8) is 0 Å². The average Bonchev–Trinajstić information content (AvgIpc) is 3.29. The molecular formula is C48H78O20. The molecule has 7 fully saturated rings. The van der Waals surface area contributed by atoms with E-state index in [1.165, 1.54) is 6.92 Å². The number of ether oxygens (including phenoxy) is 6. The van der Waals surface area contributed by atoms with Crippen LogP contribution in [0, 0.1) is 56.7 Å². The van der Waals surface area contributed by atoms with Crippen LogP contribution in [0.4, 0.5) is 0 Å². The molecule has 13 N–H and O–H groups in total. The first kappa shape index (κ1) is 52.8. The van der Waals surface area contributed by atoms with Crippen molar-refractivity contribution in [2.24, 2.45) is 56.7 Å². The zero-order valence-corrected chi connectivity index (χ0v) is 40.1. The fourth-order valence-corrected chi connectivity index (χ4v) is 15.4. The molecule has 390 valence electrons. The summed E-state index contributed by atoms with van der Waals surface area (Å²) in [5.41, 5.74) is -2.84. The molecule has 20 nitrogen and oxygen atoms in total. The fraction of sp³-hybridized carbons (Fsp3) is 0.938. The number of carbonyl (C=O) groups excluding carboxylic acids is 1. The van der Waals surface area contributed by atoms with E-state index < -0.39 is 169 Å². The third-order valence-electron chi connectivity index (χ3n) is 19.6. The third-order valence-corrected chi connectivity index (χ3v) is 19.6. The lowest BCUT2D eigenvalue weighted by Crippen LogP contribution is -2.71. The maximum atomic E-state index is 15.0. The van der Waals surface area contributed by atoms with Crippen molar-refractivity contribution < 1.29 is 99.6 Å². The number of carbonyl (C=O) groups is 1. The van der Waals surface area contributed by atoms with Gasteiger partial charge in [-0.15, -0.1) is 0 Å². The van der Waals surface area contributed by atoms with Gasteiger partial charge in [0.25, 0.3) is 0 Å². The Labute approximate surface area is 396 Å². The van der Waals surface area contributed by atoms with Crippen molar-refractivity contribution in [1.82, 2.24) is 0 Å². The van der Waals surface area contributed by atoms with Gasteiger partial charge in [0.15, 0.2) is 12.6 Å². The normalized spacial score (nSPS) is 57.1. The molecule has 0 amide bonds. The Balaban J connectivity index is 0.994. The summed E-state index contributed by atoms with van der Waals surface area (Å²) in [5, 5.41) is 142. The highest BCUT2D eigenvalue weighted by molar-refractivity contribution is 5.79. The van der Waals surface area contributed by atoms with Crippen molar-refractivity contribution in [1.29, 1.82) is 0 Å². The van der Waals surface area contributed by atoms with Gasteiger partial charge >= 0.3 is 5.97 Å². The van der Waals surface area contributed by atoms with Crippen LogP contribution in [0.1, 0.15) is 93.4 Å². The summed E-state index contributed by atoms with van der Waals surface area (Å²) < 4.78 is 34.6. The maximum Gasteiger partial charge on any atom is 0.315 e. The molecule has 3 aliphatic heterocycles. The van der Waals surface area contributed by atoms with Crippen LogP contribution in [-0.4, -0.2) is 203 Å². The smallest absolute Gasteiger partial charge is 0.315 e.